The van der Waals surface area contributed by atoms with Gasteiger partial charge in [0, 0.05) is 29.5 Å². The van der Waals surface area contributed by atoms with Crippen molar-refractivity contribution in [2.45, 2.75) is 64.3 Å². The van der Waals surface area contributed by atoms with Crippen molar-refractivity contribution >= 4 is 17.3 Å². The molecule has 34 heavy (non-hydrogen) atoms. The topological polar surface area (TPSA) is 91.3 Å². The molecule has 6 rings (SSSR count). The number of ketones is 1. The van der Waals surface area contributed by atoms with Crippen LogP contribution in [-0.2, 0) is 23.1 Å². The minimum absolute atomic E-state index is 0.0212. The fourth-order valence-electron chi connectivity index (χ4n) is 5.72. The summed E-state index contributed by atoms with van der Waals surface area (Å²) in [6, 6.07) is 4.34. The van der Waals surface area contributed by atoms with Crippen LogP contribution in [0.4, 0.5) is 20.3 Å². The number of anilines is 1. The van der Waals surface area contributed by atoms with E-state index in [0.717, 1.165) is 25.0 Å². The van der Waals surface area contributed by atoms with Crippen molar-refractivity contribution < 1.29 is 18.1 Å². The number of hydrogen-bond donors (Lipinski definition) is 1. The number of nitrogens with zero attached hydrogens (tertiary/aromatic N) is 4. The van der Waals surface area contributed by atoms with Crippen LogP contribution in [0.2, 0.25) is 0 Å². The summed E-state index contributed by atoms with van der Waals surface area (Å²) in [6.07, 6.45) is 2.94. The number of nitrogens with two attached hydrogens (primary N) is 1. The zero-order valence-electron chi connectivity index (χ0n) is 19.3. The van der Waals surface area contributed by atoms with E-state index in [1.165, 1.54) is 16.8 Å². The molecule has 0 saturated heterocycles. The highest BCUT2D eigenvalue weighted by molar-refractivity contribution is 5.85. The first-order chi connectivity index (χ1) is 16.1. The van der Waals surface area contributed by atoms with Crippen LogP contribution < -0.4 is 5.73 Å². The second kappa shape index (κ2) is 7.49. The lowest BCUT2D eigenvalue weighted by Crippen LogP contribution is -2.63. The lowest BCUT2D eigenvalue weighted by molar-refractivity contribution is -0.129. The maximum atomic E-state index is 15.0. The summed E-state index contributed by atoms with van der Waals surface area (Å²) in [7, 11) is 0. The first-order valence-electron chi connectivity index (χ1n) is 11.3. The van der Waals surface area contributed by atoms with Gasteiger partial charge in [-0.05, 0) is 44.1 Å². The zero-order chi connectivity index (χ0) is 24.4. The van der Waals surface area contributed by atoms with Crippen LogP contribution in [0.3, 0.4) is 0 Å². The maximum absolute atomic E-state index is 15.0. The normalized spacial score (nSPS) is 22.9. The summed E-state index contributed by atoms with van der Waals surface area (Å²) in [4.78, 5) is 15.9. The van der Waals surface area contributed by atoms with Crippen molar-refractivity contribution in [3.05, 3.63) is 58.3 Å². The number of rotatable bonds is 7. The Morgan fingerprint density at radius 1 is 1.26 bits per heavy atom. The van der Waals surface area contributed by atoms with Gasteiger partial charge in [0.2, 0.25) is 0 Å². The van der Waals surface area contributed by atoms with E-state index in [2.05, 4.69) is 22.0 Å². The molecule has 0 atom stereocenters. The van der Waals surface area contributed by atoms with Crippen LogP contribution in [-0.4, -0.2) is 20.7 Å². The molecule has 0 amide bonds. The average Bonchev–Trinajstić information content (AvgIpc) is 3.32. The van der Waals surface area contributed by atoms with Crippen LogP contribution in [0, 0.1) is 23.6 Å². The molecule has 176 valence electrons. The number of Topliss-reactive ketones (excluding diaryl/α,β-unsaturated/α-hetero) is 1. The van der Waals surface area contributed by atoms with Crippen LogP contribution in [0.15, 0.2) is 22.7 Å². The minimum atomic E-state index is -1.16. The van der Waals surface area contributed by atoms with Gasteiger partial charge >= 0.3 is 0 Å². The third kappa shape index (κ3) is 3.31. The highest BCUT2D eigenvalue weighted by atomic mass is 19.2. The molecule has 7 nitrogen and oxygen atoms in total. The molecule has 3 aliphatic carbocycles. The van der Waals surface area contributed by atoms with E-state index in [1.807, 2.05) is 19.9 Å². The molecule has 0 radical (unpaired) electrons. The molecule has 2 bridgehead atoms. The summed E-state index contributed by atoms with van der Waals surface area (Å²) in [5.41, 5.74) is 7.09. The molecular weight excluding hydrogens is 440 g/mol. The lowest BCUT2D eigenvalue weighted by Gasteiger charge is -2.68. The second-order valence-electron chi connectivity index (χ2n) is 10.3. The molecule has 0 aliphatic heterocycles. The van der Waals surface area contributed by atoms with E-state index >= 15 is 0 Å². The standard InChI is InChI=1S/C25H25F2N5O2/c1-13(2)32-23(28)22(29-4)21(30-32)17-6-5-14(19(26)20(17)27)7-15(33)8-16-9-18(31-34-16)25-10-24(3,11-25)12-25/h5-6,9,13H,7-8,10-12,28H2,1-3H3. The first kappa shape index (κ1) is 22.3. The number of aromatic nitrogens is 3. The van der Waals surface area contributed by atoms with Crippen LogP contribution >= 0.6 is 0 Å². The van der Waals surface area contributed by atoms with Crippen LogP contribution in [0.25, 0.3) is 16.1 Å². The predicted molar refractivity (Wildman–Crippen MR) is 121 cm³/mol. The number of hydrogen-bond acceptors (Lipinski definition) is 5. The monoisotopic (exact) mass is 465 g/mol. The van der Waals surface area contributed by atoms with Crippen molar-refractivity contribution in [2.24, 2.45) is 5.41 Å². The number of nitrogen functional groups attached to an aromatic ring is 1. The third-order valence-corrected chi connectivity index (χ3v) is 7.10. The Balaban J connectivity index is 1.33. The van der Waals surface area contributed by atoms with Gasteiger partial charge < -0.3 is 10.3 Å². The van der Waals surface area contributed by atoms with E-state index in [9.17, 15) is 13.6 Å². The smallest absolute Gasteiger partial charge is 0.254 e. The minimum Gasteiger partial charge on any atom is -0.393 e. The summed E-state index contributed by atoms with van der Waals surface area (Å²) in [5.74, 6) is -2.08. The molecule has 2 aromatic heterocycles. The molecule has 1 aromatic carbocycles. The Morgan fingerprint density at radius 3 is 2.59 bits per heavy atom. The van der Waals surface area contributed by atoms with E-state index in [1.54, 1.807) is 0 Å². The molecule has 3 fully saturated rings. The summed E-state index contributed by atoms with van der Waals surface area (Å²) >= 11 is 0. The summed E-state index contributed by atoms with van der Waals surface area (Å²) < 4.78 is 36.6. The highest BCUT2D eigenvalue weighted by Crippen LogP contribution is 2.73. The number of benzene rings is 1. The quantitative estimate of drug-likeness (QED) is 0.477. The van der Waals surface area contributed by atoms with Crippen molar-refractivity contribution in [3.8, 4) is 11.3 Å². The fraction of sp³-hybridized carbons (Fsp3) is 0.440. The van der Waals surface area contributed by atoms with E-state index in [4.69, 9.17) is 16.8 Å². The Bertz CT molecular complexity index is 1340. The van der Waals surface area contributed by atoms with Gasteiger partial charge in [-0.25, -0.2) is 13.6 Å². The molecule has 3 saturated carbocycles. The van der Waals surface area contributed by atoms with E-state index in [-0.39, 0.29) is 58.4 Å². The third-order valence-electron chi connectivity index (χ3n) is 7.10. The van der Waals surface area contributed by atoms with Gasteiger partial charge in [-0.3, -0.25) is 9.48 Å². The van der Waals surface area contributed by atoms with Crippen molar-refractivity contribution in [2.75, 3.05) is 5.73 Å². The number of halogens is 2. The van der Waals surface area contributed by atoms with Crippen LogP contribution in [0.5, 0.6) is 0 Å². The molecule has 2 heterocycles. The molecule has 3 aromatic rings. The summed E-state index contributed by atoms with van der Waals surface area (Å²) in [5, 5.41) is 8.37. The fourth-order valence-corrected chi connectivity index (χ4v) is 5.72. The lowest BCUT2D eigenvalue weighted by atomic mass is 9.35. The molecule has 9 heteroatoms. The Hall–Kier alpha value is -3.54. The molecule has 0 spiro atoms. The van der Waals surface area contributed by atoms with Gasteiger partial charge in [-0.15, -0.1) is 0 Å². The summed E-state index contributed by atoms with van der Waals surface area (Å²) in [6.45, 7) is 13.3. The second-order valence-corrected chi connectivity index (χ2v) is 10.3. The van der Waals surface area contributed by atoms with Crippen molar-refractivity contribution in [1.29, 1.82) is 0 Å². The zero-order valence-corrected chi connectivity index (χ0v) is 19.3. The van der Waals surface area contributed by atoms with Gasteiger partial charge in [0.05, 0.1) is 18.7 Å². The van der Waals surface area contributed by atoms with Crippen LogP contribution in [0.1, 0.15) is 63.1 Å². The Kier molecular flexibility index (Phi) is 4.90. The largest absolute Gasteiger partial charge is 0.393 e. The SMILES string of the molecule is [C-]#[N+]c1c(-c2ccc(CC(=O)Cc3cc(C45CC(C)(C4)C5)no3)c(F)c2F)nn(C(C)C)c1N. The Morgan fingerprint density at radius 2 is 1.97 bits per heavy atom. The van der Waals surface area contributed by atoms with Gasteiger partial charge in [-0.2, -0.15) is 5.10 Å². The molecule has 0 unspecified atom stereocenters. The van der Waals surface area contributed by atoms with E-state index < -0.39 is 11.6 Å². The van der Waals surface area contributed by atoms with Gasteiger partial charge in [0.15, 0.2) is 11.6 Å². The first-order valence-corrected chi connectivity index (χ1v) is 11.3. The van der Waals surface area contributed by atoms with Gasteiger partial charge in [0.1, 0.15) is 23.1 Å². The maximum Gasteiger partial charge on any atom is 0.254 e. The van der Waals surface area contributed by atoms with Gasteiger partial charge in [-0.1, -0.05) is 24.2 Å². The molecular formula is C25H25F2N5O2. The van der Waals surface area contributed by atoms with Crippen molar-refractivity contribution in [1.82, 2.24) is 14.9 Å². The number of carbonyl (C=O) groups is 1. The molecule has 3 aliphatic rings. The highest BCUT2D eigenvalue weighted by Gasteiger charge is 2.66. The van der Waals surface area contributed by atoms with E-state index in [0.29, 0.717) is 11.2 Å². The van der Waals surface area contributed by atoms with Crippen molar-refractivity contribution in [3.63, 3.8) is 0 Å². The average molecular weight is 466 g/mol. The number of carbonyl (C=O) groups excluding carboxylic acids is 1. The predicted octanol–water partition coefficient (Wildman–Crippen LogP) is 5.33. The van der Waals surface area contributed by atoms with Gasteiger partial charge in [0.25, 0.3) is 5.69 Å². The Labute approximate surface area is 195 Å². The molecule has 2 N–H and O–H groups in total.